The maximum atomic E-state index is 12.6. The highest BCUT2D eigenvalue weighted by Gasteiger charge is 2.44. The van der Waals surface area contributed by atoms with Crippen LogP contribution in [0, 0.1) is 5.92 Å². The first kappa shape index (κ1) is 13.2. The van der Waals surface area contributed by atoms with Crippen LogP contribution >= 0.6 is 0 Å². The molecular formula is C13H17F3N2. The Morgan fingerprint density at radius 3 is 2.67 bits per heavy atom. The fourth-order valence-corrected chi connectivity index (χ4v) is 2.44. The van der Waals surface area contributed by atoms with Gasteiger partial charge in [0.15, 0.2) is 0 Å². The number of rotatable bonds is 2. The number of nitrogen functional groups attached to an aromatic ring is 1. The van der Waals surface area contributed by atoms with Gasteiger partial charge >= 0.3 is 6.18 Å². The third-order valence-corrected chi connectivity index (χ3v) is 3.62. The predicted molar refractivity (Wildman–Crippen MR) is 65.0 cm³/mol. The number of hydrogen-bond acceptors (Lipinski definition) is 2. The minimum Gasteiger partial charge on any atom is -0.399 e. The Morgan fingerprint density at radius 1 is 1.39 bits per heavy atom. The van der Waals surface area contributed by atoms with E-state index in [0.29, 0.717) is 12.2 Å². The molecule has 1 saturated heterocycles. The molecule has 2 N–H and O–H groups in total. The minimum absolute atomic E-state index is 0.0270. The Kier molecular flexibility index (Phi) is 3.52. The van der Waals surface area contributed by atoms with Crippen molar-refractivity contribution in [1.29, 1.82) is 0 Å². The van der Waals surface area contributed by atoms with E-state index < -0.39 is 12.1 Å². The molecule has 1 aromatic carbocycles. The molecule has 2 nitrogen and oxygen atoms in total. The van der Waals surface area contributed by atoms with Crippen LogP contribution in [0.25, 0.3) is 0 Å². The number of likely N-dealkylation sites (tertiary alicyclic amines) is 1. The molecular weight excluding hydrogens is 241 g/mol. The number of nitrogens with two attached hydrogens (primary N) is 1. The normalized spacial score (nSPS) is 23.2. The molecule has 0 radical (unpaired) electrons. The monoisotopic (exact) mass is 258 g/mol. The summed E-state index contributed by atoms with van der Waals surface area (Å²) < 4.78 is 37.9. The molecule has 100 valence electrons. The lowest BCUT2D eigenvalue weighted by Crippen LogP contribution is -2.29. The highest BCUT2D eigenvalue weighted by atomic mass is 19.4. The van der Waals surface area contributed by atoms with Gasteiger partial charge in [0.25, 0.3) is 0 Å². The molecule has 2 rings (SSSR count). The fraction of sp³-hybridized carbons (Fsp3) is 0.538. The van der Waals surface area contributed by atoms with E-state index in [1.165, 1.54) is 0 Å². The Balaban J connectivity index is 2.06. The molecule has 2 unspecified atom stereocenters. The second kappa shape index (κ2) is 4.80. The van der Waals surface area contributed by atoms with Crippen LogP contribution in [0.3, 0.4) is 0 Å². The third kappa shape index (κ3) is 2.77. The Morgan fingerprint density at radius 2 is 2.11 bits per heavy atom. The largest absolute Gasteiger partial charge is 0.399 e. The highest BCUT2D eigenvalue weighted by molar-refractivity contribution is 5.41. The smallest absolute Gasteiger partial charge is 0.393 e. The van der Waals surface area contributed by atoms with Gasteiger partial charge < -0.3 is 5.73 Å². The minimum atomic E-state index is -4.08. The Hall–Kier alpha value is -1.23. The van der Waals surface area contributed by atoms with Crippen LogP contribution in [0.2, 0.25) is 0 Å². The number of anilines is 1. The van der Waals surface area contributed by atoms with Gasteiger partial charge in [-0.2, -0.15) is 13.2 Å². The topological polar surface area (TPSA) is 29.3 Å². The summed E-state index contributed by atoms with van der Waals surface area (Å²) >= 11 is 0. The van der Waals surface area contributed by atoms with Crippen molar-refractivity contribution in [3.63, 3.8) is 0 Å². The van der Waals surface area contributed by atoms with Crippen LogP contribution in [-0.2, 0) is 0 Å². The standard InChI is InChI=1S/C13H17F3N2/c1-9(10-3-2-4-12(17)7-10)18-6-5-11(8-18)13(14,15)16/h2-4,7,9,11H,5-6,8,17H2,1H3. The van der Waals surface area contributed by atoms with E-state index in [2.05, 4.69) is 0 Å². The molecule has 0 saturated carbocycles. The summed E-state index contributed by atoms with van der Waals surface area (Å²) in [6, 6.07) is 7.31. The summed E-state index contributed by atoms with van der Waals surface area (Å²) in [4.78, 5) is 1.87. The van der Waals surface area contributed by atoms with E-state index in [4.69, 9.17) is 5.73 Å². The molecule has 0 aliphatic carbocycles. The van der Waals surface area contributed by atoms with Crippen molar-refractivity contribution < 1.29 is 13.2 Å². The lowest BCUT2D eigenvalue weighted by molar-refractivity contribution is -0.170. The molecule has 1 aromatic rings. The molecule has 1 fully saturated rings. The van der Waals surface area contributed by atoms with Gasteiger partial charge in [-0.1, -0.05) is 12.1 Å². The Bertz CT molecular complexity index is 417. The molecule has 2 atom stereocenters. The zero-order chi connectivity index (χ0) is 13.3. The first-order valence-corrected chi connectivity index (χ1v) is 6.04. The lowest BCUT2D eigenvalue weighted by atomic mass is 10.1. The van der Waals surface area contributed by atoms with Gasteiger partial charge in [-0.3, -0.25) is 4.90 Å². The van der Waals surface area contributed by atoms with Gasteiger partial charge in [-0.15, -0.1) is 0 Å². The zero-order valence-corrected chi connectivity index (χ0v) is 10.2. The second-order valence-electron chi connectivity index (χ2n) is 4.87. The van der Waals surface area contributed by atoms with Crippen molar-refractivity contribution in [2.75, 3.05) is 18.8 Å². The van der Waals surface area contributed by atoms with E-state index in [1.54, 1.807) is 6.07 Å². The van der Waals surface area contributed by atoms with Gasteiger partial charge in [-0.05, 0) is 37.6 Å². The van der Waals surface area contributed by atoms with Crippen LogP contribution in [0.15, 0.2) is 24.3 Å². The van der Waals surface area contributed by atoms with Crippen molar-refractivity contribution >= 4 is 5.69 Å². The number of nitrogens with zero attached hydrogens (tertiary/aromatic N) is 1. The van der Waals surface area contributed by atoms with Crippen LogP contribution < -0.4 is 5.73 Å². The first-order valence-electron chi connectivity index (χ1n) is 6.04. The number of halogens is 3. The van der Waals surface area contributed by atoms with Gasteiger partial charge in [0.2, 0.25) is 0 Å². The average Bonchev–Trinajstić information content (AvgIpc) is 2.77. The number of alkyl halides is 3. The van der Waals surface area contributed by atoms with Crippen molar-refractivity contribution in [2.24, 2.45) is 5.92 Å². The number of hydrogen-bond donors (Lipinski definition) is 1. The summed E-state index contributed by atoms with van der Waals surface area (Å²) in [5.41, 5.74) is 7.31. The molecule has 1 heterocycles. The van der Waals surface area contributed by atoms with E-state index >= 15 is 0 Å². The maximum absolute atomic E-state index is 12.6. The molecule has 18 heavy (non-hydrogen) atoms. The van der Waals surface area contributed by atoms with E-state index in [1.807, 2.05) is 30.0 Å². The van der Waals surface area contributed by atoms with Crippen molar-refractivity contribution in [1.82, 2.24) is 4.90 Å². The molecule has 5 heteroatoms. The summed E-state index contributed by atoms with van der Waals surface area (Å²) in [7, 11) is 0. The molecule has 0 spiro atoms. The average molecular weight is 258 g/mol. The second-order valence-corrected chi connectivity index (χ2v) is 4.87. The summed E-state index contributed by atoms with van der Waals surface area (Å²) in [5, 5.41) is 0. The van der Waals surface area contributed by atoms with Crippen LogP contribution in [0.5, 0.6) is 0 Å². The van der Waals surface area contributed by atoms with Gasteiger partial charge in [-0.25, -0.2) is 0 Å². The quantitative estimate of drug-likeness (QED) is 0.825. The summed E-state index contributed by atoms with van der Waals surface area (Å²) in [6.45, 7) is 2.49. The van der Waals surface area contributed by atoms with Crippen molar-refractivity contribution in [3.05, 3.63) is 29.8 Å². The van der Waals surface area contributed by atoms with E-state index in [-0.39, 0.29) is 19.0 Å². The molecule has 1 aliphatic rings. The fourth-order valence-electron chi connectivity index (χ4n) is 2.44. The molecule has 0 aromatic heterocycles. The SMILES string of the molecule is CC(c1cccc(N)c1)N1CCC(C(F)(F)F)C1. The van der Waals surface area contributed by atoms with E-state index in [0.717, 1.165) is 5.56 Å². The summed E-state index contributed by atoms with van der Waals surface area (Å²) in [5.74, 6) is -1.19. The first-order chi connectivity index (χ1) is 8.38. The predicted octanol–water partition coefficient (Wildman–Crippen LogP) is 3.21. The van der Waals surface area contributed by atoms with E-state index in [9.17, 15) is 13.2 Å². The lowest BCUT2D eigenvalue weighted by Gasteiger charge is -2.25. The number of benzene rings is 1. The summed E-state index contributed by atoms with van der Waals surface area (Å²) in [6.07, 6.45) is -3.89. The third-order valence-electron chi connectivity index (χ3n) is 3.62. The van der Waals surface area contributed by atoms with Crippen LogP contribution in [-0.4, -0.2) is 24.2 Å². The zero-order valence-electron chi connectivity index (χ0n) is 10.2. The van der Waals surface area contributed by atoms with Gasteiger partial charge in [0.1, 0.15) is 0 Å². The van der Waals surface area contributed by atoms with Crippen molar-refractivity contribution in [2.45, 2.75) is 25.6 Å². The van der Waals surface area contributed by atoms with Crippen molar-refractivity contribution in [3.8, 4) is 0 Å². The molecule has 0 amide bonds. The highest BCUT2D eigenvalue weighted by Crippen LogP contribution is 2.36. The van der Waals surface area contributed by atoms with Crippen LogP contribution in [0.4, 0.5) is 18.9 Å². The molecule has 1 aliphatic heterocycles. The molecule has 0 bridgehead atoms. The van der Waals surface area contributed by atoms with Crippen LogP contribution in [0.1, 0.15) is 24.9 Å². The maximum Gasteiger partial charge on any atom is 0.393 e. The van der Waals surface area contributed by atoms with Gasteiger partial charge in [0.05, 0.1) is 5.92 Å². The Labute approximate surface area is 105 Å². The van der Waals surface area contributed by atoms with Gasteiger partial charge in [0, 0.05) is 18.3 Å².